The molecule has 2 rings (SSSR count). The Morgan fingerprint density at radius 2 is 2.26 bits per heavy atom. The van der Waals surface area contributed by atoms with Gasteiger partial charge in [-0.05, 0) is 33.1 Å². The number of H-pyrrole nitrogens is 1. The number of hydrogen-bond acceptors (Lipinski definition) is 5. The van der Waals surface area contributed by atoms with E-state index in [1.807, 2.05) is 26.2 Å². The van der Waals surface area contributed by atoms with Gasteiger partial charge in [-0.2, -0.15) is 10.2 Å². The maximum Gasteiger partial charge on any atom is 0.344 e. The molecule has 0 amide bonds. The highest BCUT2D eigenvalue weighted by Gasteiger charge is 2.23. The maximum atomic E-state index is 12.1. The molecule has 0 saturated heterocycles. The third kappa shape index (κ3) is 2.51. The number of ether oxygens (including phenoxy) is 1. The molecular formula is C12H16N4O2S. The number of thioether (sulfide) groups is 1. The smallest absolute Gasteiger partial charge is 0.344 e. The first-order valence-electron chi connectivity index (χ1n) is 5.91. The molecular weight excluding hydrogens is 264 g/mol. The maximum absolute atomic E-state index is 12.1. The summed E-state index contributed by atoms with van der Waals surface area (Å²) in [7, 11) is 0. The van der Waals surface area contributed by atoms with E-state index in [0.717, 1.165) is 11.4 Å². The summed E-state index contributed by atoms with van der Waals surface area (Å²) in [6.45, 7) is 5.93. The predicted octanol–water partition coefficient (Wildman–Crippen LogP) is 2.11. The molecule has 0 aromatic carbocycles. The first-order valence-corrected chi connectivity index (χ1v) is 7.14. The zero-order valence-electron chi connectivity index (χ0n) is 11.4. The monoisotopic (exact) mass is 280 g/mol. The van der Waals surface area contributed by atoms with E-state index < -0.39 is 0 Å². The molecule has 1 N–H and O–H groups in total. The minimum Gasteiger partial charge on any atom is -0.462 e. The van der Waals surface area contributed by atoms with E-state index in [1.54, 1.807) is 11.6 Å². The second kappa shape index (κ2) is 5.48. The van der Waals surface area contributed by atoms with Crippen LogP contribution >= 0.6 is 11.8 Å². The van der Waals surface area contributed by atoms with Crippen molar-refractivity contribution in [2.45, 2.75) is 25.8 Å². The Balaban J connectivity index is 2.55. The standard InChI is InChI=1S/C12H16N4O2S/c1-5-18-12(17)9-10(13-14-11(9)19-4)16-8(3)6-7(2)15-16/h6H,5H2,1-4H3,(H,13,14). The summed E-state index contributed by atoms with van der Waals surface area (Å²) in [6.07, 6.45) is 1.86. The van der Waals surface area contributed by atoms with E-state index in [1.165, 1.54) is 11.8 Å². The van der Waals surface area contributed by atoms with Gasteiger partial charge in [0.2, 0.25) is 0 Å². The molecule has 19 heavy (non-hydrogen) atoms. The molecule has 6 nitrogen and oxygen atoms in total. The minimum absolute atomic E-state index is 0.328. The van der Waals surface area contributed by atoms with E-state index in [4.69, 9.17) is 4.74 Å². The van der Waals surface area contributed by atoms with Crippen LogP contribution in [0, 0.1) is 13.8 Å². The Morgan fingerprint density at radius 1 is 1.53 bits per heavy atom. The fourth-order valence-electron chi connectivity index (χ4n) is 1.86. The molecule has 102 valence electrons. The summed E-state index contributed by atoms with van der Waals surface area (Å²) in [5.41, 5.74) is 2.24. The van der Waals surface area contributed by atoms with Gasteiger partial charge in [0.05, 0.1) is 12.3 Å². The molecule has 0 aliphatic carbocycles. The summed E-state index contributed by atoms with van der Waals surface area (Å²) in [5.74, 6) is 0.163. The van der Waals surface area contributed by atoms with Gasteiger partial charge in [-0.15, -0.1) is 11.8 Å². The van der Waals surface area contributed by atoms with E-state index in [-0.39, 0.29) is 5.97 Å². The quantitative estimate of drug-likeness (QED) is 0.686. The van der Waals surface area contributed by atoms with Crippen LogP contribution in [-0.4, -0.2) is 38.8 Å². The zero-order valence-corrected chi connectivity index (χ0v) is 12.2. The van der Waals surface area contributed by atoms with E-state index in [0.29, 0.717) is 23.0 Å². The number of carbonyl (C=O) groups excluding carboxylic acids is 1. The summed E-state index contributed by atoms with van der Waals surface area (Å²) in [6, 6.07) is 1.94. The average Bonchev–Trinajstić information content (AvgIpc) is 2.92. The van der Waals surface area contributed by atoms with E-state index in [2.05, 4.69) is 15.3 Å². The SMILES string of the molecule is CCOC(=O)c1c(SC)n[nH]c1-n1nc(C)cc1C. The van der Waals surface area contributed by atoms with Gasteiger partial charge >= 0.3 is 5.97 Å². The number of aromatic nitrogens is 4. The number of nitrogens with one attached hydrogen (secondary N) is 1. The van der Waals surface area contributed by atoms with Gasteiger partial charge in [0.1, 0.15) is 10.6 Å². The lowest BCUT2D eigenvalue weighted by molar-refractivity contribution is 0.0522. The minimum atomic E-state index is -0.386. The highest BCUT2D eigenvalue weighted by molar-refractivity contribution is 7.98. The predicted molar refractivity (Wildman–Crippen MR) is 72.9 cm³/mol. The van der Waals surface area contributed by atoms with Gasteiger partial charge in [-0.3, -0.25) is 5.10 Å². The number of aromatic amines is 1. The second-order valence-electron chi connectivity index (χ2n) is 4.02. The van der Waals surface area contributed by atoms with Crippen molar-refractivity contribution in [1.29, 1.82) is 0 Å². The van der Waals surface area contributed by atoms with Crippen molar-refractivity contribution in [1.82, 2.24) is 20.0 Å². The van der Waals surface area contributed by atoms with Crippen LogP contribution in [0.3, 0.4) is 0 Å². The normalized spacial score (nSPS) is 10.7. The van der Waals surface area contributed by atoms with Gasteiger partial charge < -0.3 is 4.74 Å². The third-order valence-electron chi connectivity index (χ3n) is 2.61. The zero-order chi connectivity index (χ0) is 14.0. The molecule has 2 heterocycles. The van der Waals surface area contributed by atoms with Crippen LogP contribution in [0.25, 0.3) is 5.82 Å². The van der Waals surface area contributed by atoms with Crippen molar-refractivity contribution >= 4 is 17.7 Å². The Bertz CT molecular complexity index is 603. The van der Waals surface area contributed by atoms with E-state index in [9.17, 15) is 4.79 Å². The largest absolute Gasteiger partial charge is 0.462 e. The molecule has 0 aliphatic rings. The van der Waals surface area contributed by atoms with Crippen molar-refractivity contribution in [2.24, 2.45) is 0 Å². The lowest BCUT2D eigenvalue weighted by atomic mass is 10.3. The molecule has 0 aliphatic heterocycles. The number of carbonyl (C=O) groups is 1. The third-order valence-corrected chi connectivity index (χ3v) is 3.29. The Morgan fingerprint density at radius 3 is 2.79 bits per heavy atom. The summed E-state index contributed by atoms with van der Waals surface area (Å²) in [5, 5.41) is 12.0. The number of aryl methyl sites for hydroxylation is 2. The van der Waals surface area contributed by atoms with Gasteiger partial charge in [0.15, 0.2) is 5.82 Å². The van der Waals surface area contributed by atoms with Crippen molar-refractivity contribution < 1.29 is 9.53 Å². The summed E-state index contributed by atoms with van der Waals surface area (Å²) >= 11 is 1.39. The molecule has 0 atom stereocenters. The number of esters is 1. The molecule has 0 unspecified atom stereocenters. The fraction of sp³-hybridized carbons (Fsp3) is 0.417. The van der Waals surface area contributed by atoms with Crippen LogP contribution in [0.1, 0.15) is 28.7 Å². The topological polar surface area (TPSA) is 72.8 Å². The Hall–Kier alpha value is -1.76. The molecule has 0 radical (unpaired) electrons. The van der Waals surface area contributed by atoms with Crippen molar-refractivity contribution in [2.75, 3.05) is 12.9 Å². The van der Waals surface area contributed by atoms with Crippen LogP contribution in [-0.2, 0) is 4.74 Å². The highest BCUT2D eigenvalue weighted by Crippen LogP contribution is 2.25. The van der Waals surface area contributed by atoms with Gasteiger partial charge in [-0.1, -0.05) is 0 Å². The molecule has 0 saturated carbocycles. The van der Waals surface area contributed by atoms with Gasteiger partial charge in [0, 0.05) is 5.69 Å². The lowest BCUT2D eigenvalue weighted by Gasteiger charge is -2.06. The average molecular weight is 280 g/mol. The van der Waals surface area contributed by atoms with Crippen LogP contribution in [0.15, 0.2) is 11.1 Å². The van der Waals surface area contributed by atoms with Gasteiger partial charge in [0.25, 0.3) is 0 Å². The molecule has 0 fully saturated rings. The van der Waals surface area contributed by atoms with Crippen LogP contribution in [0.5, 0.6) is 0 Å². The first-order chi connectivity index (χ1) is 9.08. The van der Waals surface area contributed by atoms with Crippen LogP contribution in [0.4, 0.5) is 0 Å². The van der Waals surface area contributed by atoms with Crippen molar-refractivity contribution in [3.05, 3.63) is 23.0 Å². The summed E-state index contributed by atoms with van der Waals surface area (Å²) in [4.78, 5) is 12.1. The molecule has 0 bridgehead atoms. The molecule has 0 spiro atoms. The highest BCUT2D eigenvalue weighted by atomic mass is 32.2. The number of rotatable bonds is 4. The fourth-order valence-corrected chi connectivity index (χ4v) is 2.38. The van der Waals surface area contributed by atoms with Gasteiger partial charge in [-0.25, -0.2) is 9.48 Å². The van der Waals surface area contributed by atoms with Crippen molar-refractivity contribution in [3.63, 3.8) is 0 Å². The van der Waals surface area contributed by atoms with Crippen LogP contribution in [0.2, 0.25) is 0 Å². The Kier molecular flexibility index (Phi) is 3.94. The van der Waals surface area contributed by atoms with E-state index >= 15 is 0 Å². The Labute approximate surface area is 115 Å². The van der Waals surface area contributed by atoms with Crippen molar-refractivity contribution in [3.8, 4) is 5.82 Å². The number of hydrogen-bond donors (Lipinski definition) is 1. The number of nitrogens with zero attached hydrogens (tertiary/aromatic N) is 3. The summed E-state index contributed by atoms with van der Waals surface area (Å²) < 4.78 is 6.76. The molecule has 2 aromatic rings. The first kappa shape index (κ1) is 13.7. The molecule has 2 aromatic heterocycles. The van der Waals surface area contributed by atoms with Crippen LogP contribution < -0.4 is 0 Å². The lowest BCUT2D eigenvalue weighted by Crippen LogP contribution is -2.11. The molecule has 7 heteroatoms. The second-order valence-corrected chi connectivity index (χ2v) is 4.81.